The monoisotopic (exact) mass is 365 g/mol. The van der Waals surface area contributed by atoms with Crippen molar-refractivity contribution in [2.75, 3.05) is 37.6 Å². The zero-order chi connectivity index (χ0) is 18.6. The number of carbonyl (C=O) groups excluding carboxylic acids is 2. The molecule has 27 heavy (non-hydrogen) atoms. The topological polar surface area (TPSA) is 69.6 Å². The predicted molar refractivity (Wildman–Crippen MR) is 101 cm³/mol. The van der Waals surface area contributed by atoms with E-state index in [9.17, 15) is 9.59 Å². The second-order valence-corrected chi connectivity index (χ2v) is 6.94. The lowest BCUT2D eigenvalue weighted by Gasteiger charge is -2.34. The molecule has 0 N–H and O–H groups in total. The van der Waals surface area contributed by atoms with Gasteiger partial charge < -0.3 is 14.7 Å². The molecule has 7 nitrogen and oxygen atoms in total. The molecule has 7 heteroatoms. The van der Waals surface area contributed by atoms with Crippen LogP contribution in [0, 0.1) is 0 Å². The van der Waals surface area contributed by atoms with Gasteiger partial charge in [0.05, 0.1) is 0 Å². The van der Waals surface area contributed by atoms with Gasteiger partial charge in [-0.1, -0.05) is 12.1 Å². The first-order valence-electron chi connectivity index (χ1n) is 9.39. The molecule has 0 spiro atoms. The van der Waals surface area contributed by atoms with Gasteiger partial charge in [-0.25, -0.2) is 9.97 Å². The van der Waals surface area contributed by atoms with Crippen LogP contribution < -0.4 is 4.90 Å². The van der Waals surface area contributed by atoms with E-state index in [1.165, 1.54) is 0 Å². The van der Waals surface area contributed by atoms with Crippen LogP contribution in [0.15, 0.2) is 42.7 Å². The zero-order valence-electron chi connectivity index (χ0n) is 15.3. The first kappa shape index (κ1) is 17.5. The van der Waals surface area contributed by atoms with Crippen LogP contribution in [0.4, 0.5) is 5.95 Å². The minimum atomic E-state index is 0.0485. The molecular weight excluding hydrogens is 342 g/mol. The number of hydrogen-bond donors (Lipinski definition) is 0. The van der Waals surface area contributed by atoms with Crippen LogP contribution >= 0.6 is 0 Å². The molecule has 0 atom stereocenters. The quantitative estimate of drug-likeness (QED) is 0.822. The Morgan fingerprint density at radius 3 is 2.30 bits per heavy atom. The van der Waals surface area contributed by atoms with Gasteiger partial charge in [-0.05, 0) is 30.2 Å². The third-order valence-corrected chi connectivity index (χ3v) is 5.15. The van der Waals surface area contributed by atoms with Gasteiger partial charge in [-0.3, -0.25) is 9.59 Å². The molecule has 2 aliphatic heterocycles. The molecule has 2 amide bonds. The largest absolute Gasteiger partial charge is 0.338 e. The molecule has 3 heterocycles. The maximum atomic E-state index is 12.8. The van der Waals surface area contributed by atoms with Gasteiger partial charge in [0, 0.05) is 63.6 Å². The van der Waals surface area contributed by atoms with Crippen LogP contribution in [0.25, 0.3) is 0 Å². The first-order valence-corrected chi connectivity index (χ1v) is 9.39. The highest BCUT2D eigenvalue weighted by Gasteiger charge is 2.24. The van der Waals surface area contributed by atoms with Gasteiger partial charge in [-0.2, -0.15) is 0 Å². The van der Waals surface area contributed by atoms with E-state index in [0.717, 1.165) is 31.6 Å². The van der Waals surface area contributed by atoms with E-state index in [4.69, 9.17) is 0 Å². The SMILES string of the molecule is O=C1CCCN1Cc1ccc(C(=O)N2CCN(c3ncccn3)CC2)cc1. The third-order valence-electron chi connectivity index (χ3n) is 5.15. The summed E-state index contributed by atoms with van der Waals surface area (Å²) in [5, 5.41) is 0. The molecule has 2 fully saturated rings. The smallest absolute Gasteiger partial charge is 0.253 e. The molecule has 0 radical (unpaired) electrons. The second kappa shape index (κ2) is 7.73. The number of amides is 2. The summed E-state index contributed by atoms with van der Waals surface area (Å²) in [5.41, 5.74) is 1.75. The second-order valence-electron chi connectivity index (χ2n) is 6.94. The van der Waals surface area contributed by atoms with Crippen LogP contribution in [0.2, 0.25) is 0 Å². The average Bonchev–Trinajstić information content (AvgIpc) is 3.13. The lowest BCUT2D eigenvalue weighted by Crippen LogP contribution is -2.49. The summed E-state index contributed by atoms with van der Waals surface area (Å²) in [6, 6.07) is 9.43. The molecule has 4 rings (SSSR count). The molecular formula is C20H23N5O2. The summed E-state index contributed by atoms with van der Waals surface area (Å²) in [6.07, 6.45) is 5.06. The minimum absolute atomic E-state index is 0.0485. The van der Waals surface area contributed by atoms with E-state index in [0.29, 0.717) is 37.6 Å². The fraction of sp³-hybridized carbons (Fsp3) is 0.400. The van der Waals surface area contributed by atoms with Crippen molar-refractivity contribution in [1.82, 2.24) is 19.8 Å². The van der Waals surface area contributed by atoms with Crippen molar-refractivity contribution in [1.29, 1.82) is 0 Å². The molecule has 1 aromatic heterocycles. The van der Waals surface area contributed by atoms with Gasteiger partial charge in [0.2, 0.25) is 11.9 Å². The average molecular weight is 365 g/mol. The van der Waals surface area contributed by atoms with Gasteiger partial charge in [0.1, 0.15) is 0 Å². The Morgan fingerprint density at radius 2 is 1.67 bits per heavy atom. The van der Waals surface area contributed by atoms with E-state index >= 15 is 0 Å². The number of anilines is 1. The molecule has 0 aliphatic carbocycles. The molecule has 1 aromatic carbocycles. The Balaban J connectivity index is 1.34. The number of likely N-dealkylation sites (tertiary alicyclic amines) is 1. The number of aromatic nitrogens is 2. The summed E-state index contributed by atoms with van der Waals surface area (Å²) >= 11 is 0. The third kappa shape index (κ3) is 3.92. The lowest BCUT2D eigenvalue weighted by molar-refractivity contribution is -0.128. The summed E-state index contributed by atoms with van der Waals surface area (Å²) in [5.74, 6) is 0.980. The number of carbonyl (C=O) groups is 2. The standard InChI is InChI=1S/C20H23N5O2/c26-18-3-1-10-25(18)15-16-4-6-17(7-5-16)19(27)23-11-13-24(14-12-23)20-21-8-2-9-22-20/h2,4-9H,1,3,10-15H2. The predicted octanol–water partition coefficient (Wildman–Crippen LogP) is 1.56. The number of hydrogen-bond acceptors (Lipinski definition) is 5. The number of piperazine rings is 1. The van der Waals surface area contributed by atoms with Crippen molar-refractivity contribution < 1.29 is 9.59 Å². The normalized spacial score (nSPS) is 17.5. The van der Waals surface area contributed by atoms with E-state index in [1.54, 1.807) is 18.5 Å². The molecule has 2 aromatic rings. The summed E-state index contributed by atoms with van der Waals surface area (Å²) in [4.78, 5) is 38.9. The molecule has 2 saturated heterocycles. The fourth-order valence-electron chi connectivity index (χ4n) is 3.59. The molecule has 2 aliphatic rings. The van der Waals surface area contributed by atoms with Crippen molar-refractivity contribution in [3.8, 4) is 0 Å². The van der Waals surface area contributed by atoms with Crippen molar-refractivity contribution in [2.45, 2.75) is 19.4 Å². The van der Waals surface area contributed by atoms with Crippen LogP contribution in [0.1, 0.15) is 28.8 Å². The fourth-order valence-corrected chi connectivity index (χ4v) is 3.59. The first-order chi connectivity index (χ1) is 13.2. The van der Waals surface area contributed by atoms with Crippen molar-refractivity contribution >= 4 is 17.8 Å². The van der Waals surface area contributed by atoms with Crippen molar-refractivity contribution in [3.63, 3.8) is 0 Å². The Labute approximate surface area is 158 Å². The highest BCUT2D eigenvalue weighted by Crippen LogP contribution is 2.16. The summed E-state index contributed by atoms with van der Waals surface area (Å²) < 4.78 is 0. The van der Waals surface area contributed by atoms with E-state index in [1.807, 2.05) is 34.1 Å². The van der Waals surface area contributed by atoms with Crippen LogP contribution in [-0.4, -0.2) is 64.3 Å². The number of benzene rings is 1. The summed E-state index contributed by atoms with van der Waals surface area (Å²) in [7, 11) is 0. The lowest BCUT2D eigenvalue weighted by atomic mass is 10.1. The Hall–Kier alpha value is -2.96. The number of nitrogens with zero attached hydrogens (tertiary/aromatic N) is 5. The zero-order valence-corrected chi connectivity index (χ0v) is 15.3. The van der Waals surface area contributed by atoms with Gasteiger partial charge in [0.25, 0.3) is 5.91 Å². The maximum Gasteiger partial charge on any atom is 0.253 e. The highest BCUT2D eigenvalue weighted by atomic mass is 16.2. The Kier molecular flexibility index (Phi) is 5.00. The van der Waals surface area contributed by atoms with Gasteiger partial charge >= 0.3 is 0 Å². The minimum Gasteiger partial charge on any atom is -0.338 e. The van der Waals surface area contributed by atoms with E-state index in [2.05, 4.69) is 14.9 Å². The number of rotatable bonds is 4. The Bertz CT molecular complexity index is 801. The van der Waals surface area contributed by atoms with E-state index in [-0.39, 0.29) is 11.8 Å². The molecule has 0 unspecified atom stereocenters. The highest BCUT2D eigenvalue weighted by molar-refractivity contribution is 5.94. The molecule has 0 bridgehead atoms. The molecule has 140 valence electrons. The molecule has 0 saturated carbocycles. The van der Waals surface area contributed by atoms with Crippen LogP contribution in [-0.2, 0) is 11.3 Å². The van der Waals surface area contributed by atoms with Crippen LogP contribution in [0.5, 0.6) is 0 Å². The van der Waals surface area contributed by atoms with Crippen molar-refractivity contribution in [2.24, 2.45) is 0 Å². The summed E-state index contributed by atoms with van der Waals surface area (Å²) in [6.45, 7) is 4.22. The van der Waals surface area contributed by atoms with Crippen molar-refractivity contribution in [3.05, 3.63) is 53.9 Å². The van der Waals surface area contributed by atoms with E-state index < -0.39 is 0 Å². The van der Waals surface area contributed by atoms with Crippen LogP contribution in [0.3, 0.4) is 0 Å². The van der Waals surface area contributed by atoms with Gasteiger partial charge in [-0.15, -0.1) is 0 Å². The van der Waals surface area contributed by atoms with Gasteiger partial charge in [0.15, 0.2) is 0 Å². The maximum absolute atomic E-state index is 12.8. The Morgan fingerprint density at radius 1 is 0.963 bits per heavy atom.